The highest BCUT2D eigenvalue weighted by atomic mass is 16.5. The van der Waals surface area contributed by atoms with Crippen molar-refractivity contribution in [3.05, 3.63) is 64.2 Å². The smallest absolute Gasteiger partial charge is 0.310 e. The van der Waals surface area contributed by atoms with Gasteiger partial charge in [0.2, 0.25) is 0 Å². The molecule has 4 heteroatoms. The van der Waals surface area contributed by atoms with Gasteiger partial charge in [-0.3, -0.25) is 9.59 Å². The molecule has 2 rings (SSSR count). The molecule has 2 aromatic carbocycles. The van der Waals surface area contributed by atoms with Crippen molar-refractivity contribution in [2.45, 2.75) is 34.1 Å². The fraction of sp³-hybridized carbons (Fsp3) is 0.300. The molecular formula is C20H23NO3. The molecule has 1 amide bonds. The van der Waals surface area contributed by atoms with E-state index in [1.807, 2.05) is 64.1 Å². The lowest BCUT2D eigenvalue weighted by Gasteiger charge is -2.10. The highest BCUT2D eigenvalue weighted by Crippen LogP contribution is 2.16. The summed E-state index contributed by atoms with van der Waals surface area (Å²) in [4.78, 5) is 23.8. The summed E-state index contributed by atoms with van der Waals surface area (Å²) >= 11 is 0. The Balaban J connectivity index is 1.85. The summed E-state index contributed by atoms with van der Waals surface area (Å²) in [6.45, 7) is 7.62. The van der Waals surface area contributed by atoms with E-state index in [-0.39, 0.29) is 18.9 Å². The summed E-state index contributed by atoms with van der Waals surface area (Å²) in [7, 11) is 0. The minimum Gasteiger partial charge on any atom is -0.455 e. The lowest BCUT2D eigenvalue weighted by Crippen LogP contribution is -2.22. The summed E-state index contributed by atoms with van der Waals surface area (Å²) in [5.74, 6) is -0.744. The zero-order valence-corrected chi connectivity index (χ0v) is 14.6. The van der Waals surface area contributed by atoms with Gasteiger partial charge < -0.3 is 10.1 Å². The number of rotatable bonds is 5. The third-order valence-corrected chi connectivity index (χ3v) is 3.95. The molecule has 126 valence electrons. The molecule has 0 saturated heterocycles. The maximum Gasteiger partial charge on any atom is 0.310 e. The number of nitrogens with one attached hydrogen (secondary N) is 1. The van der Waals surface area contributed by atoms with Crippen LogP contribution in [0.5, 0.6) is 0 Å². The highest BCUT2D eigenvalue weighted by Gasteiger charge is 2.10. The van der Waals surface area contributed by atoms with Crippen molar-refractivity contribution in [1.82, 2.24) is 0 Å². The van der Waals surface area contributed by atoms with Gasteiger partial charge in [0.05, 0.1) is 6.42 Å². The number of anilines is 1. The van der Waals surface area contributed by atoms with Gasteiger partial charge in [-0.15, -0.1) is 0 Å². The summed E-state index contributed by atoms with van der Waals surface area (Å²) in [6, 6.07) is 11.7. The van der Waals surface area contributed by atoms with E-state index >= 15 is 0 Å². The first-order chi connectivity index (χ1) is 11.3. The van der Waals surface area contributed by atoms with Crippen molar-refractivity contribution in [3.8, 4) is 0 Å². The number of benzene rings is 2. The molecule has 0 bridgehead atoms. The van der Waals surface area contributed by atoms with Crippen LogP contribution in [0.3, 0.4) is 0 Å². The van der Waals surface area contributed by atoms with Gasteiger partial charge in [-0.05, 0) is 61.6 Å². The first kappa shape index (κ1) is 17.7. The minimum absolute atomic E-state index is 0.165. The number of carbonyl (C=O) groups is 2. The van der Waals surface area contributed by atoms with Crippen molar-refractivity contribution in [2.75, 3.05) is 11.9 Å². The molecule has 0 spiro atoms. The van der Waals surface area contributed by atoms with Crippen LogP contribution in [-0.4, -0.2) is 18.5 Å². The number of hydrogen-bond acceptors (Lipinski definition) is 3. The zero-order valence-electron chi connectivity index (χ0n) is 14.6. The normalized spacial score (nSPS) is 10.3. The Labute approximate surface area is 142 Å². The molecule has 0 aromatic heterocycles. The molecule has 4 nitrogen and oxygen atoms in total. The Hall–Kier alpha value is -2.62. The topological polar surface area (TPSA) is 55.4 Å². The van der Waals surface area contributed by atoms with E-state index in [0.29, 0.717) is 0 Å². The van der Waals surface area contributed by atoms with E-state index in [9.17, 15) is 9.59 Å². The van der Waals surface area contributed by atoms with Gasteiger partial charge in [0.25, 0.3) is 5.91 Å². The predicted molar refractivity (Wildman–Crippen MR) is 95.1 cm³/mol. The number of ether oxygens (including phenoxy) is 1. The lowest BCUT2D eigenvalue weighted by molar-refractivity contribution is -0.146. The van der Waals surface area contributed by atoms with Gasteiger partial charge in [0.1, 0.15) is 0 Å². The van der Waals surface area contributed by atoms with Gasteiger partial charge in [-0.25, -0.2) is 0 Å². The van der Waals surface area contributed by atoms with Crippen LogP contribution in [-0.2, 0) is 20.7 Å². The maximum absolute atomic E-state index is 11.9. The SMILES string of the molecule is Cc1ccc(C)c(NC(=O)COC(=O)Cc2ccc(C)c(C)c2)c1. The second-order valence-corrected chi connectivity index (χ2v) is 6.12. The van der Waals surface area contributed by atoms with Crippen LogP contribution in [0.2, 0.25) is 0 Å². The Bertz CT molecular complexity index is 765. The fourth-order valence-corrected chi connectivity index (χ4v) is 2.33. The number of aryl methyl sites for hydroxylation is 4. The van der Waals surface area contributed by atoms with Crippen molar-refractivity contribution >= 4 is 17.6 Å². The molecule has 0 radical (unpaired) electrons. The molecule has 0 saturated carbocycles. The largest absolute Gasteiger partial charge is 0.455 e. The quantitative estimate of drug-likeness (QED) is 0.854. The van der Waals surface area contributed by atoms with Crippen LogP contribution in [0, 0.1) is 27.7 Å². The second-order valence-electron chi connectivity index (χ2n) is 6.12. The summed E-state index contributed by atoms with van der Waals surface area (Å²) in [5, 5.41) is 2.77. The van der Waals surface area contributed by atoms with Gasteiger partial charge in [-0.1, -0.05) is 30.3 Å². The van der Waals surface area contributed by atoms with E-state index < -0.39 is 5.97 Å². The summed E-state index contributed by atoms with van der Waals surface area (Å²) in [5.41, 5.74) is 5.97. The molecule has 0 aliphatic carbocycles. The van der Waals surface area contributed by atoms with Gasteiger partial charge in [-0.2, -0.15) is 0 Å². The van der Waals surface area contributed by atoms with Crippen molar-refractivity contribution in [3.63, 3.8) is 0 Å². The van der Waals surface area contributed by atoms with E-state index in [4.69, 9.17) is 4.74 Å². The Morgan fingerprint density at radius 3 is 2.33 bits per heavy atom. The zero-order chi connectivity index (χ0) is 17.7. The minimum atomic E-state index is -0.408. The monoisotopic (exact) mass is 325 g/mol. The molecule has 0 fully saturated rings. The molecule has 0 aliphatic rings. The Kier molecular flexibility index (Phi) is 5.74. The van der Waals surface area contributed by atoms with Crippen LogP contribution in [0.25, 0.3) is 0 Å². The molecule has 0 unspecified atom stereocenters. The van der Waals surface area contributed by atoms with Crippen LogP contribution in [0.4, 0.5) is 5.69 Å². The summed E-state index contributed by atoms with van der Waals surface area (Å²) in [6.07, 6.45) is 0.165. The van der Waals surface area contributed by atoms with E-state index in [2.05, 4.69) is 5.32 Å². The molecule has 0 atom stereocenters. The molecule has 0 aliphatic heterocycles. The number of amides is 1. The Morgan fingerprint density at radius 1 is 0.917 bits per heavy atom. The number of carbonyl (C=O) groups excluding carboxylic acids is 2. The standard InChI is InChI=1S/C20H23NO3/c1-13-5-6-15(3)18(9-13)21-19(22)12-24-20(23)11-17-8-7-14(2)16(4)10-17/h5-10H,11-12H2,1-4H3,(H,21,22). The number of esters is 1. The van der Waals surface area contributed by atoms with Crippen molar-refractivity contribution in [2.24, 2.45) is 0 Å². The van der Waals surface area contributed by atoms with E-state index in [1.54, 1.807) is 0 Å². The van der Waals surface area contributed by atoms with Crippen LogP contribution in [0.1, 0.15) is 27.8 Å². The van der Waals surface area contributed by atoms with Gasteiger partial charge >= 0.3 is 5.97 Å². The van der Waals surface area contributed by atoms with E-state index in [1.165, 1.54) is 5.56 Å². The molecule has 0 heterocycles. The summed E-state index contributed by atoms with van der Waals surface area (Å²) < 4.78 is 5.07. The predicted octanol–water partition coefficient (Wildman–Crippen LogP) is 3.64. The molecular weight excluding hydrogens is 302 g/mol. The van der Waals surface area contributed by atoms with Crippen LogP contribution < -0.4 is 5.32 Å². The Morgan fingerprint density at radius 2 is 1.62 bits per heavy atom. The molecule has 24 heavy (non-hydrogen) atoms. The average molecular weight is 325 g/mol. The van der Waals surface area contributed by atoms with Crippen LogP contribution >= 0.6 is 0 Å². The molecule has 2 aromatic rings. The fourth-order valence-electron chi connectivity index (χ4n) is 2.33. The second kappa shape index (κ2) is 7.77. The van der Waals surface area contributed by atoms with Crippen molar-refractivity contribution < 1.29 is 14.3 Å². The average Bonchev–Trinajstić information content (AvgIpc) is 2.52. The first-order valence-corrected chi connectivity index (χ1v) is 7.94. The van der Waals surface area contributed by atoms with E-state index in [0.717, 1.165) is 27.9 Å². The first-order valence-electron chi connectivity index (χ1n) is 7.94. The van der Waals surface area contributed by atoms with Crippen molar-refractivity contribution in [1.29, 1.82) is 0 Å². The maximum atomic E-state index is 11.9. The third kappa shape index (κ3) is 4.95. The third-order valence-electron chi connectivity index (χ3n) is 3.95. The number of hydrogen-bond donors (Lipinski definition) is 1. The van der Waals surface area contributed by atoms with Gasteiger partial charge in [0, 0.05) is 5.69 Å². The van der Waals surface area contributed by atoms with Gasteiger partial charge in [0.15, 0.2) is 6.61 Å². The highest BCUT2D eigenvalue weighted by molar-refractivity contribution is 5.93. The van der Waals surface area contributed by atoms with Crippen LogP contribution in [0.15, 0.2) is 36.4 Å². The molecule has 1 N–H and O–H groups in total. The lowest BCUT2D eigenvalue weighted by atomic mass is 10.0.